The highest BCUT2D eigenvalue weighted by molar-refractivity contribution is 6.24. The van der Waals surface area contributed by atoms with Gasteiger partial charge in [0, 0.05) is 43.6 Å². The molecule has 0 aliphatic carbocycles. The van der Waals surface area contributed by atoms with Gasteiger partial charge in [-0.25, -0.2) is 15.0 Å². The summed E-state index contributed by atoms with van der Waals surface area (Å²) in [7, 11) is 0. The van der Waals surface area contributed by atoms with Gasteiger partial charge in [-0.15, -0.1) is 0 Å². The molecular weight excluding hydrogens is 599 g/mol. The van der Waals surface area contributed by atoms with Gasteiger partial charge in [-0.05, 0) is 41.5 Å². The molecule has 49 heavy (non-hydrogen) atoms. The minimum absolute atomic E-state index is 0.800. The lowest BCUT2D eigenvalue weighted by atomic mass is 9.94. The fourth-order valence-corrected chi connectivity index (χ4v) is 7.10. The molecule has 0 bridgehead atoms. The van der Waals surface area contributed by atoms with E-state index < -0.39 is 0 Å². The second-order valence-electron chi connectivity index (χ2n) is 12.4. The molecule has 0 fully saturated rings. The maximum absolute atomic E-state index is 6.56. The fraction of sp³-hybridized carbons (Fsp3) is 0. The molecule has 0 saturated heterocycles. The predicted molar refractivity (Wildman–Crippen MR) is 201 cm³/mol. The third-order valence-corrected chi connectivity index (χ3v) is 9.44. The highest BCUT2D eigenvalue weighted by Crippen LogP contribution is 2.43. The molecule has 10 rings (SSSR count). The standard InChI is InChI=1S/C45H27N3O/c1-3-11-28(12-4-1)36-25-23-30-21-22-31-24-26-37(47-43(31)42(30)46-36)33-16-9-15-32(27-33)34-18-10-19-38-40(34)41-35-17-7-8-20-39(35)49-45(41)44(48-38)29-13-5-2-6-14-29/h1-27H. The Bertz CT molecular complexity index is 2880. The SMILES string of the molecule is c1ccc(-c2ccc3ccc4ccc(-c5cccc(-c6cccc7nc(-c8ccccc8)c8oc9ccccc9c8c67)c5)nc4c3n2)cc1. The molecule has 0 saturated carbocycles. The van der Waals surface area contributed by atoms with Gasteiger partial charge < -0.3 is 4.42 Å². The van der Waals surface area contributed by atoms with Crippen molar-refractivity contribution in [3.05, 3.63) is 164 Å². The zero-order valence-corrected chi connectivity index (χ0v) is 26.3. The highest BCUT2D eigenvalue weighted by atomic mass is 16.3. The van der Waals surface area contributed by atoms with E-state index in [1.165, 1.54) is 0 Å². The van der Waals surface area contributed by atoms with Crippen LogP contribution in [0, 0.1) is 0 Å². The van der Waals surface area contributed by atoms with Gasteiger partial charge in [-0.1, -0.05) is 133 Å². The monoisotopic (exact) mass is 625 g/mol. The Morgan fingerprint density at radius 3 is 1.76 bits per heavy atom. The summed E-state index contributed by atoms with van der Waals surface area (Å²) in [6.45, 7) is 0. The largest absolute Gasteiger partial charge is 0.454 e. The Kier molecular flexibility index (Phi) is 6.15. The lowest BCUT2D eigenvalue weighted by Crippen LogP contribution is -1.92. The normalized spacial score (nSPS) is 11.7. The topological polar surface area (TPSA) is 51.8 Å². The second kappa shape index (κ2) is 11.0. The minimum Gasteiger partial charge on any atom is -0.454 e. The third kappa shape index (κ3) is 4.49. The van der Waals surface area contributed by atoms with E-state index in [9.17, 15) is 0 Å². The van der Waals surface area contributed by atoms with Crippen LogP contribution in [0.1, 0.15) is 0 Å². The van der Waals surface area contributed by atoms with Gasteiger partial charge in [0.25, 0.3) is 0 Å². The summed E-state index contributed by atoms with van der Waals surface area (Å²) >= 11 is 0. The van der Waals surface area contributed by atoms with Crippen LogP contribution in [0.25, 0.3) is 99.5 Å². The van der Waals surface area contributed by atoms with Crippen molar-refractivity contribution in [3.8, 4) is 44.9 Å². The van der Waals surface area contributed by atoms with E-state index in [1.54, 1.807) is 0 Å². The second-order valence-corrected chi connectivity index (χ2v) is 12.4. The average Bonchev–Trinajstić information content (AvgIpc) is 3.57. The zero-order valence-electron chi connectivity index (χ0n) is 26.3. The first kappa shape index (κ1) is 27.5. The molecule has 0 amide bonds. The summed E-state index contributed by atoms with van der Waals surface area (Å²) in [6, 6.07) is 56.6. The number of aromatic nitrogens is 3. The molecular formula is C45H27N3O. The highest BCUT2D eigenvalue weighted by Gasteiger charge is 2.20. The first-order chi connectivity index (χ1) is 24.3. The van der Waals surface area contributed by atoms with Crippen LogP contribution in [0.3, 0.4) is 0 Å². The van der Waals surface area contributed by atoms with Crippen molar-refractivity contribution in [3.63, 3.8) is 0 Å². The van der Waals surface area contributed by atoms with Crippen LogP contribution in [0.5, 0.6) is 0 Å². The number of para-hydroxylation sites is 1. The van der Waals surface area contributed by atoms with E-state index in [-0.39, 0.29) is 0 Å². The van der Waals surface area contributed by atoms with Crippen LogP contribution < -0.4 is 0 Å². The van der Waals surface area contributed by atoms with Crippen molar-refractivity contribution in [2.45, 2.75) is 0 Å². The van der Waals surface area contributed by atoms with Crippen molar-refractivity contribution < 1.29 is 4.42 Å². The van der Waals surface area contributed by atoms with Gasteiger partial charge in [0.15, 0.2) is 5.58 Å². The van der Waals surface area contributed by atoms with Crippen molar-refractivity contribution >= 4 is 54.6 Å². The van der Waals surface area contributed by atoms with Gasteiger partial charge in [-0.2, -0.15) is 0 Å². The number of benzene rings is 6. The molecule has 0 spiro atoms. The lowest BCUT2D eigenvalue weighted by molar-refractivity contribution is 0.669. The number of pyridine rings is 3. The predicted octanol–water partition coefficient (Wildman–Crippen LogP) is 11.9. The number of furan rings is 1. The van der Waals surface area contributed by atoms with Crippen LogP contribution in [-0.4, -0.2) is 15.0 Å². The molecule has 10 aromatic rings. The van der Waals surface area contributed by atoms with Gasteiger partial charge in [-0.3, -0.25) is 0 Å². The quantitative estimate of drug-likeness (QED) is 0.183. The first-order valence-electron chi connectivity index (χ1n) is 16.4. The van der Waals surface area contributed by atoms with Crippen LogP contribution in [0.4, 0.5) is 0 Å². The fourth-order valence-electron chi connectivity index (χ4n) is 7.10. The van der Waals surface area contributed by atoms with Crippen LogP contribution in [-0.2, 0) is 0 Å². The van der Waals surface area contributed by atoms with E-state index >= 15 is 0 Å². The van der Waals surface area contributed by atoms with Gasteiger partial charge in [0.1, 0.15) is 11.3 Å². The molecule has 0 aliphatic rings. The number of rotatable bonds is 4. The van der Waals surface area contributed by atoms with Gasteiger partial charge in [0.2, 0.25) is 0 Å². The molecule has 4 heterocycles. The molecule has 4 aromatic heterocycles. The van der Waals surface area contributed by atoms with Crippen molar-refractivity contribution in [2.75, 3.05) is 0 Å². The zero-order chi connectivity index (χ0) is 32.3. The van der Waals surface area contributed by atoms with Gasteiger partial charge in [0.05, 0.1) is 27.9 Å². The number of hydrogen-bond acceptors (Lipinski definition) is 4. The van der Waals surface area contributed by atoms with Crippen LogP contribution >= 0.6 is 0 Å². The summed E-state index contributed by atoms with van der Waals surface area (Å²) in [5, 5.41) is 5.37. The Labute approximate surface area is 282 Å². The molecule has 4 heteroatoms. The van der Waals surface area contributed by atoms with E-state index in [0.717, 1.165) is 99.5 Å². The van der Waals surface area contributed by atoms with E-state index in [1.807, 2.05) is 48.5 Å². The number of nitrogens with zero attached hydrogens (tertiary/aromatic N) is 3. The molecule has 0 unspecified atom stereocenters. The molecule has 6 aromatic carbocycles. The molecule has 0 aliphatic heterocycles. The first-order valence-corrected chi connectivity index (χ1v) is 16.4. The molecule has 0 radical (unpaired) electrons. The summed E-state index contributed by atoms with van der Waals surface area (Å²) < 4.78 is 6.56. The van der Waals surface area contributed by atoms with Crippen LogP contribution in [0.2, 0.25) is 0 Å². The molecule has 228 valence electrons. The average molecular weight is 626 g/mol. The van der Waals surface area contributed by atoms with Crippen LogP contribution in [0.15, 0.2) is 168 Å². The van der Waals surface area contributed by atoms with Gasteiger partial charge >= 0.3 is 0 Å². The molecule has 0 atom stereocenters. The maximum Gasteiger partial charge on any atom is 0.162 e. The van der Waals surface area contributed by atoms with Crippen molar-refractivity contribution in [1.29, 1.82) is 0 Å². The summed E-state index contributed by atoms with van der Waals surface area (Å²) in [5.74, 6) is 0. The summed E-state index contributed by atoms with van der Waals surface area (Å²) in [4.78, 5) is 15.6. The Hall–Kier alpha value is -6.65. The smallest absolute Gasteiger partial charge is 0.162 e. The summed E-state index contributed by atoms with van der Waals surface area (Å²) in [6.07, 6.45) is 0. The van der Waals surface area contributed by atoms with Crippen molar-refractivity contribution in [1.82, 2.24) is 15.0 Å². The third-order valence-electron chi connectivity index (χ3n) is 9.44. The maximum atomic E-state index is 6.56. The minimum atomic E-state index is 0.800. The van der Waals surface area contributed by atoms with E-state index in [0.29, 0.717) is 0 Å². The molecule has 4 nitrogen and oxygen atoms in total. The number of fused-ring (bicyclic) bond motifs is 8. The lowest BCUT2D eigenvalue weighted by Gasteiger charge is -2.12. The van der Waals surface area contributed by atoms with E-state index in [4.69, 9.17) is 19.4 Å². The Morgan fingerprint density at radius 2 is 1.00 bits per heavy atom. The Morgan fingerprint density at radius 1 is 0.408 bits per heavy atom. The van der Waals surface area contributed by atoms with Crippen molar-refractivity contribution in [2.24, 2.45) is 0 Å². The Balaban J connectivity index is 1.17. The molecule has 0 N–H and O–H groups in total. The summed E-state index contributed by atoms with van der Waals surface area (Å²) in [5.41, 5.74) is 12.4. The number of hydrogen-bond donors (Lipinski definition) is 0. The van der Waals surface area contributed by atoms with E-state index in [2.05, 4.69) is 115 Å².